The summed E-state index contributed by atoms with van der Waals surface area (Å²) in [6.07, 6.45) is 5.54. The van der Waals surface area contributed by atoms with E-state index in [-0.39, 0.29) is 58.7 Å². The van der Waals surface area contributed by atoms with E-state index in [9.17, 15) is 19.1 Å². The molecule has 2 aromatic carbocycles. The number of carbonyl (C=O) groups is 1. The van der Waals surface area contributed by atoms with Crippen molar-refractivity contribution in [3.05, 3.63) is 87.1 Å². The molecule has 1 aliphatic carbocycles. The Kier molecular flexibility index (Phi) is 9.59. The molecule has 3 aliphatic rings. The summed E-state index contributed by atoms with van der Waals surface area (Å²) >= 11 is 0. The monoisotopic (exact) mass is 582 g/mol. The van der Waals surface area contributed by atoms with E-state index in [1.807, 2.05) is 25.2 Å². The number of hydrogen-bond donors (Lipinski definition) is 1. The Morgan fingerprint density at radius 1 is 1.12 bits per heavy atom. The van der Waals surface area contributed by atoms with Gasteiger partial charge in [0.15, 0.2) is 0 Å². The average Bonchev–Trinajstić information content (AvgIpc) is 3.64. The van der Waals surface area contributed by atoms with Crippen molar-refractivity contribution in [3.63, 3.8) is 0 Å². The van der Waals surface area contributed by atoms with Crippen molar-refractivity contribution in [1.82, 2.24) is 9.88 Å². The minimum absolute atomic E-state index is 0. The number of carbonyl (C=O) groups excluding carboxylic acids is 1. The third-order valence-electron chi connectivity index (χ3n) is 9.08. The van der Waals surface area contributed by atoms with Crippen LogP contribution in [0.5, 0.6) is 5.75 Å². The number of likely N-dealkylation sites (N-methyl/N-ethyl adjacent to an activating group) is 1. The fraction of sp³-hybridized carbons (Fsp3) is 0.455. The predicted octanol–water partition coefficient (Wildman–Crippen LogP) is 1.35. The molecular formula is C33H36FN2NaO5. The van der Waals surface area contributed by atoms with Crippen LogP contribution in [0.15, 0.2) is 53.5 Å². The molecule has 0 bridgehead atoms. The molecule has 9 heteroatoms. The topological polar surface area (TPSA) is 94.7 Å². The second-order valence-corrected chi connectivity index (χ2v) is 11.9. The van der Waals surface area contributed by atoms with Crippen molar-refractivity contribution >= 4 is 5.97 Å². The summed E-state index contributed by atoms with van der Waals surface area (Å²) in [6, 6.07) is 13.7. The summed E-state index contributed by atoms with van der Waals surface area (Å²) in [5.41, 5.74) is 4.62. The number of aromatic amines is 1. The van der Waals surface area contributed by atoms with Crippen molar-refractivity contribution in [2.24, 2.45) is 11.8 Å². The van der Waals surface area contributed by atoms with Crippen LogP contribution in [0.4, 0.5) is 4.39 Å². The van der Waals surface area contributed by atoms with Gasteiger partial charge in [-0.1, -0.05) is 37.3 Å². The number of carboxylic acids is 1. The Bertz CT molecular complexity index is 1500. The number of benzene rings is 2. The maximum atomic E-state index is 14.9. The van der Waals surface area contributed by atoms with Gasteiger partial charge in [0.1, 0.15) is 17.7 Å². The number of rotatable bonds is 9. The van der Waals surface area contributed by atoms with Crippen LogP contribution < -0.4 is 45.0 Å². The molecule has 0 amide bonds. The molecule has 3 heterocycles. The second kappa shape index (κ2) is 13.0. The van der Waals surface area contributed by atoms with E-state index in [4.69, 9.17) is 9.47 Å². The average molecular weight is 583 g/mol. The summed E-state index contributed by atoms with van der Waals surface area (Å²) in [7, 11) is 2.04. The number of nitrogens with zero attached hydrogens (tertiary/aromatic N) is 1. The van der Waals surface area contributed by atoms with Crippen LogP contribution in [0.3, 0.4) is 0 Å². The summed E-state index contributed by atoms with van der Waals surface area (Å²) in [4.78, 5) is 28.5. The Morgan fingerprint density at radius 2 is 1.93 bits per heavy atom. The van der Waals surface area contributed by atoms with E-state index in [2.05, 4.69) is 28.1 Å². The number of H-pyrrole nitrogens is 1. The molecule has 1 saturated carbocycles. The largest absolute Gasteiger partial charge is 1.00 e. The number of pyridine rings is 1. The molecule has 1 N–H and O–H groups in total. The van der Waals surface area contributed by atoms with Crippen LogP contribution in [0.2, 0.25) is 0 Å². The molecule has 216 valence electrons. The molecule has 2 fully saturated rings. The van der Waals surface area contributed by atoms with Gasteiger partial charge in [-0.3, -0.25) is 9.69 Å². The number of hydrogen-bond acceptors (Lipinski definition) is 6. The quantitative estimate of drug-likeness (QED) is 0.383. The number of fused-ring (bicyclic) bond motifs is 1. The number of aryl methyl sites for hydroxylation is 1. The van der Waals surface area contributed by atoms with Gasteiger partial charge < -0.3 is 24.4 Å². The first-order valence-electron chi connectivity index (χ1n) is 14.6. The van der Waals surface area contributed by atoms with Gasteiger partial charge in [-0.05, 0) is 84.9 Å². The number of aliphatic carboxylic acids is 1. The molecule has 7 nitrogen and oxygen atoms in total. The van der Waals surface area contributed by atoms with Gasteiger partial charge in [0, 0.05) is 48.9 Å². The van der Waals surface area contributed by atoms with E-state index in [0.717, 1.165) is 72.9 Å². The van der Waals surface area contributed by atoms with Crippen LogP contribution >= 0.6 is 0 Å². The van der Waals surface area contributed by atoms with Gasteiger partial charge in [0.25, 0.3) is 0 Å². The van der Waals surface area contributed by atoms with Crippen LogP contribution in [-0.2, 0) is 22.5 Å². The van der Waals surface area contributed by atoms with E-state index < -0.39 is 17.7 Å². The Hall–Kier alpha value is -2.49. The predicted molar refractivity (Wildman–Crippen MR) is 151 cm³/mol. The smallest absolute Gasteiger partial charge is 0.550 e. The zero-order valence-corrected chi connectivity index (χ0v) is 26.5. The molecule has 4 atom stereocenters. The van der Waals surface area contributed by atoms with Crippen LogP contribution in [0, 0.1) is 17.7 Å². The van der Waals surface area contributed by atoms with Gasteiger partial charge in [-0.25, -0.2) is 4.39 Å². The third kappa shape index (κ3) is 6.53. The standard InChI is InChI=1S/C33H37FN2O5.Na/c1-19(33(38)39)32(21-4-5-21)23-6-3-20-8-10-29(41-30(20)14-23)22-7-9-26(27-15-31(37)35-16-28(27)34)24(13-22)17-36(2)25-11-12-40-18-25;/h3,6-7,9,13-16,19,21,25,29,32H,4-5,8,10-12,17-18H2,1-2H3,(H,35,37)(H,38,39);/q;+1/p-1/t19-,25?,29?,32-;/m0./s1. The van der Waals surface area contributed by atoms with Gasteiger partial charge in [-0.2, -0.15) is 0 Å². The number of halogens is 1. The first kappa shape index (κ1) is 31.0. The van der Waals surface area contributed by atoms with Crippen molar-refractivity contribution in [2.75, 3.05) is 20.3 Å². The van der Waals surface area contributed by atoms with E-state index in [1.165, 1.54) is 6.07 Å². The van der Waals surface area contributed by atoms with E-state index in [1.54, 1.807) is 6.92 Å². The third-order valence-corrected chi connectivity index (χ3v) is 9.08. The molecule has 2 unspecified atom stereocenters. The SMILES string of the molecule is C[C@H](C(=O)[O-])[C@H](c1ccc2c(c1)OC(c1ccc(-c3cc(=O)[nH]cc3F)c(CN(C)C3CCOC3)c1)CC2)C1CC1.[Na+]. The molecule has 6 rings (SSSR count). The summed E-state index contributed by atoms with van der Waals surface area (Å²) in [5.74, 6) is -0.985. The summed E-state index contributed by atoms with van der Waals surface area (Å²) in [5, 5.41) is 11.7. The fourth-order valence-corrected chi connectivity index (χ4v) is 6.53. The van der Waals surface area contributed by atoms with Gasteiger partial charge in [0.05, 0.1) is 6.61 Å². The number of nitrogens with one attached hydrogen (secondary N) is 1. The Balaban J connectivity index is 0.00000353. The number of aromatic nitrogens is 1. The molecular weight excluding hydrogens is 546 g/mol. The molecule has 2 aliphatic heterocycles. The number of ether oxygens (including phenoxy) is 2. The molecule has 42 heavy (non-hydrogen) atoms. The zero-order chi connectivity index (χ0) is 28.7. The number of carboxylic acid groups (broad SMARTS) is 1. The maximum absolute atomic E-state index is 14.9. The molecule has 1 aromatic heterocycles. The van der Waals surface area contributed by atoms with Crippen LogP contribution in [0.1, 0.15) is 66.9 Å². The van der Waals surface area contributed by atoms with Crippen molar-refractivity contribution < 1.29 is 53.3 Å². The van der Waals surface area contributed by atoms with Crippen molar-refractivity contribution in [1.29, 1.82) is 0 Å². The minimum Gasteiger partial charge on any atom is -0.550 e. The first-order valence-corrected chi connectivity index (χ1v) is 14.6. The summed E-state index contributed by atoms with van der Waals surface area (Å²) < 4.78 is 27.1. The molecule has 1 saturated heterocycles. The van der Waals surface area contributed by atoms with Crippen molar-refractivity contribution in [3.8, 4) is 16.9 Å². The summed E-state index contributed by atoms with van der Waals surface area (Å²) in [6.45, 7) is 3.70. The van der Waals surface area contributed by atoms with Gasteiger partial charge >= 0.3 is 29.6 Å². The Morgan fingerprint density at radius 3 is 2.64 bits per heavy atom. The van der Waals surface area contributed by atoms with Gasteiger partial charge in [0.2, 0.25) is 5.56 Å². The maximum Gasteiger partial charge on any atom is 1.00 e. The van der Waals surface area contributed by atoms with Crippen LogP contribution in [0.25, 0.3) is 11.1 Å². The normalized spacial score (nSPS) is 21.2. The molecule has 3 aromatic rings. The molecule has 0 spiro atoms. The second-order valence-electron chi connectivity index (χ2n) is 11.9. The minimum atomic E-state index is -1.02. The first-order chi connectivity index (χ1) is 19.8. The van der Waals surface area contributed by atoms with E-state index >= 15 is 0 Å². The zero-order valence-electron chi connectivity index (χ0n) is 24.5. The van der Waals surface area contributed by atoms with Gasteiger partial charge in [-0.15, -0.1) is 0 Å². The van der Waals surface area contributed by atoms with Crippen molar-refractivity contribution in [2.45, 2.75) is 63.6 Å². The van der Waals surface area contributed by atoms with E-state index in [0.29, 0.717) is 24.6 Å². The Labute approximate surface area is 267 Å². The fourth-order valence-electron chi connectivity index (χ4n) is 6.53. The van der Waals surface area contributed by atoms with Crippen LogP contribution in [-0.4, -0.2) is 42.2 Å². The molecule has 0 radical (unpaired) electrons.